The molecule has 0 spiro atoms. The smallest absolute Gasteiger partial charge is 0.0589 e. The zero-order valence-electron chi connectivity index (χ0n) is 11.5. The molecule has 0 saturated heterocycles. The first-order valence-electron chi connectivity index (χ1n) is 7.15. The lowest BCUT2D eigenvalue weighted by Crippen LogP contribution is -2.42. The first-order valence-corrected chi connectivity index (χ1v) is 7.15. The van der Waals surface area contributed by atoms with Crippen LogP contribution in [0.25, 0.3) is 0 Å². The highest BCUT2D eigenvalue weighted by atomic mass is 16.5. The molecule has 0 radical (unpaired) electrons. The number of rotatable bonds is 8. The Labute approximate surface area is 106 Å². The van der Waals surface area contributed by atoms with Gasteiger partial charge in [-0.1, -0.05) is 12.8 Å². The SMILES string of the molecule is COCCN(C)CC1(CNC2CC2)CCCC1. The average molecular weight is 240 g/mol. The van der Waals surface area contributed by atoms with Gasteiger partial charge in [0.05, 0.1) is 6.61 Å². The van der Waals surface area contributed by atoms with Crippen LogP contribution in [0.3, 0.4) is 0 Å². The maximum Gasteiger partial charge on any atom is 0.0589 e. The second-order valence-electron chi connectivity index (χ2n) is 6.09. The van der Waals surface area contributed by atoms with E-state index < -0.39 is 0 Å². The van der Waals surface area contributed by atoms with E-state index in [0.29, 0.717) is 5.41 Å². The van der Waals surface area contributed by atoms with E-state index in [0.717, 1.165) is 19.2 Å². The lowest BCUT2D eigenvalue weighted by Gasteiger charge is -2.34. The second-order valence-corrected chi connectivity index (χ2v) is 6.09. The molecule has 2 saturated carbocycles. The van der Waals surface area contributed by atoms with Crippen LogP contribution in [0, 0.1) is 5.41 Å². The topological polar surface area (TPSA) is 24.5 Å². The van der Waals surface area contributed by atoms with Gasteiger partial charge in [-0.2, -0.15) is 0 Å². The van der Waals surface area contributed by atoms with Crippen molar-refractivity contribution in [3.63, 3.8) is 0 Å². The summed E-state index contributed by atoms with van der Waals surface area (Å²) in [5, 5.41) is 3.74. The normalized spacial score (nSPS) is 23.5. The molecule has 2 fully saturated rings. The Morgan fingerprint density at radius 3 is 2.59 bits per heavy atom. The van der Waals surface area contributed by atoms with Gasteiger partial charge >= 0.3 is 0 Å². The van der Waals surface area contributed by atoms with Crippen LogP contribution in [0.1, 0.15) is 38.5 Å². The van der Waals surface area contributed by atoms with Crippen molar-refractivity contribution >= 4 is 0 Å². The summed E-state index contributed by atoms with van der Waals surface area (Å²) in [5.74, 6) is 0. The van der Waals surface area contributed by atoms with Crippen molar-refractivity contribution in [1.82, 2.24) is 10.2 Å². The highest BCUT2D eigenvalue weighted by molar-refractivity contribution is 4.92. The summed E-state index contributed by atoms with van der Waals surface area (Å²) < 4.78 is 5.16. The molecule has 0 aromatic rings. The number of nitrogens with one attached hydrogen (secondary N) is 1. The Balaban J connectivity index is 1.77. The molecule has 3 nitrogen and oxygen atoms in total. The van der Waals surface area contributed by atoms with Gasteiger partial charge in [0.25, 0.3) is 0 Å². The number of methoxy groups -OCH3 is 1. The van der Waals surface area contributed by atoms with Crippen LogP contribution < -0.4 is 5.32 Å². The van der Waals surface area contributed by atoms with Crippen molar-refractivity contribution in [3.05, 3.63) is 0 Å². The molecule has 1 N–H and O–H groups in total. The van der Waals surface area contributed by atoms with Crippen LogP contribution in [0.4, 0.5) is 0 Å². The summed E-state index contributed by atoms with van der Waals surface area (Å²) in [7, 11) is 4.02. The molecule has 2 aliphatic carbocycles. The number of ether oxygens (including phenoxy) is 1. The van der Waals surface area contributed by atoms with Crippen molar-refractivity contribution < 1.29 is 4.74 Å². The van der Waals surface area contributed by atoms with Crippen LogP contribution in [-0.2, 0) is 4.74 Å². The number of hydrogen-bond acceptors (Lipinski definition) is 3. The Morgan fingerprint density at radius 1 is 1.29 bits per heavy atom. The minimum Gasteiger partial charge on any atom is -0.383 e. The molecule has 0 atom stereocenters. The largest absolute Gasteiger partial charge is 0.383 e. The Morgan fingerprint density at radius 2 is 2.00 bits per heavy atom. The summed E-state index contributed by atoms with van der Waals surface area (Å²) in [5.41, 5.74) is 0.547. The van der Waals surface area contributed by atoms with E-state index in [1.165, 1.54) is 51.6 Å². The summed E-state index contributed by atoms with van der Waals surface area (Å²) in [6, 6.07) is 0.844. The highest BCUT2D eigenvalue weighted by Crippen LogP contribution is 2.38. The van der Waals surface area contributed by atoms with Gasteiger partial charge in [0.15, 0.2) is 0 Å². The van der Waals surface area contributed by atoms with Crippen molar-refractivity contribution in [2.75, 3.05) is 40.4 Å². The highest BCUT2D eigenvalue weighted by Gasteiger charge is 2.36. The maximum absolute atomic E-state index is 5.16. The van der Waals surface area contributed by atoms with Crippen molar-refractivity contribution in [3.8, 4) is 0 Å². The zero-order valence-corrected chi connectivity index (χ0v) is 11.5. The van der Waals surface area contributed by atoms with Crippen LogP contribution in [0.5, 0.6) is 0 Å². The van der Waals surface area contributed by atoms with Gasteiger partial charge in [0.2, 0.25) is 0 Å². The van der Waals surface area contributed by atoms with Crippen LogP contribution in [0.2, 0.25) is 0 Å². The first kappa shape index (κ1) is 13.3. The van der Waals surface area contributed by atoms with Gasteiger partial charge in [-0.05, 0) is 38.1 Å². The third-order valence-corrected chi connectivity index (χ3v) is 4.29. The van der Waals surface area contributed by atoms with Gasteiger partial charge in [-0.15, -0.1) is 0 Å². The van der Waals surface area contributed by atoms with Gasteiger partial charge in [-0.25, -0.2) is 0 Å². The van der Waals surface area contributed by atoms with E-state index >= 15 is 0 Å². The summed E-state index contributed by atoms with van der Waals surface area (Å²) >= 11 is 0. The molecule has 0 heterocycles. The van der Waals surface area contributed by atoms with Crippen LogP contribution >= 0.6 is 0 Å². The summed E-state index contributed by atoms with van der Waals surface area (Å²) in [6.45, 7) is 4.37. The summed E-state index contributed by atoms with van der Waals surface area (Å²) in [6.07, 6.45) is 8.45. The monoisotopic (exact) mass is 240 g/mol. The van der Waals surface area contributed by atoms with Crippen molar-refractivity contribution in [2.24, 2.45) is 5.41 Å². The van der Waals surface area contributed by atoms with Gasteiger partial charge in [0, 0.05) is 32.8 Å². The molecule has 2 rings (SSSR count). The third-order valence-electron chi connectivity index (χ3n) is 4.29. The second kappa shape index (κ2) is 6.17. The van der Waals surface area contributed by atoms with E-state index in [9.17, 15) is 0 Å². The number of hydrogen-bond donors (Lipinski definition) is 1. The molecule has 0 bridgehead atoms. The molecule has 0 amide bonds. The van der Waals surface area contributed by atoms with Gasteiger partial charge in [-0.3, -0.25) is 0 Å². The lowest BCUT2D eigenvalue weighted by molar-refractivity contribution is 0.123. The molecular formula is C14H28N2O. The molecule has 0 aromatic carbocycles. The van der Waals surface area contributed by atoms with Crippen molar-refractivity contribution in [1.29, 1.82) is 0 Å². The molecule has 3 heteroatoms. The molecule has 0 aromatic heterocycles. The fourth-order valence-corrected chi connectivity index (χ4v) is 3.06. The van der Waals surface area contributed by atoms with Gasteiger partial charge < -0.3 is 15.0 Å². The van der Waals surface area contributed by atoms with Crippen LogP contribution in [0.15, 0.2) is 0 Å². The van der Waals surface area contributed by atoms with E-state index in [-0.39, 0.29) is 0 Å². The molecule has 100 valence electrons. The third kappa shape index (κ3) is 4.23. The first-order chi connectivity index (χ1) is 8.24. The molecule has 2 aliphatic rings. The molecule has 0 aliphatic heterocycles. The minimum absolute atomic E-state index is 0.547. The van der Waals surface area contributed by atoms with E-state index in [4.69, 9.17) is 4.74 Å². The van der Waals surface area contributed by atoms with E-state index in [1.807, 2.05) is 0 Å². The van der Waals surface area contributed by atoms with E-state index in [1.54, 1.807) is 7.11 Å². The van der Waals surface area contributed by atoms with E-state index in [2.05, 4.69) is 17.3 Å². The number of nitrogens with zero attached hydrogens (tertiary/aromatic N) is 1. The predicted octanol–water partition coefficient (Wildman–Crippen LogP) is 1.88. The Kier molecular flexibility index (Phi) is 4.83. The van der Waals surface area contributed by atoms with Crippen molar-refractivity contribution in [2.45, 2.75) is 44.6 Å². The quantitative estimate of drug-likeness (QED) is 0.701. The Hall–Kier alpha value is -0.120. The molecule has 17 heavy (non-hydrogen) atoms. The maximum atomic E-state index is 5.16. The molecule has 0 unspecified atom stereocenters. The predicted molar refractivity (Wildman–Crippen MR) is 71.3 cm³/mol. The average Bonchev–Trinajstić information content (AvgIpc) is 3.05. The molecular weight excluding hydrogens is 212 g/mol. The fraction of sp³-hybridized carbons (Fsp3) is 1.00. The fourth-order valence-electron chi connectivity index (χ4n) is 3.06. The standard InChI is InChI=1S/C14H28N2O/c1-16(9-10-17-2)12-14(7-3-4-8-14)11-15-13-5-6-13/h13,15H,3-12H2,1-2H3. The lowest BCUT2D eigenvalue weighted by atomic mass is 9.85. The summed E-state index contributed by atoms with van der Waals surface area (Å²) in [4.78, 5) is 2.45. The van der Waals surface area contributed by atoms with Gasteiger partial charge in [0.1, 0.15) is 0 Å². The minimum atomic E-state index is 0.547. The Bertz CT molecular complexity index is 222. The van der Waals surface area contributed by atoms with Crippen LogP contribution in [-0.4, -0.2) is 51.3 Å². The zero-order chi connectivity index (χ0) is 12.1. The number of likely N-dealkylation sites (N-methyl/N-ethyl adjacent to an activating group) is 1.